The van der Waals surface area contributed by atoms with E-state index in [4.69, 9.17) is 14.2 Å². The minimum Gasteiger partial charge on any atom is -0.458 e. The van der Waals surface area contributed by atoms with E-state index in [1.807, 2.05) is 12.2 Å². The van der Waals surface area contributed by atoms with Crippen LogP contribution in [-0.4, -0.2) is 24.3 Å². The normalized spacial score (nSPS) is 35.5. The molecule has 1 saturated heterocycles. The summed E-state index contributed by atoms with van der Waals surface area (Å²) >= 11 is 0. The lowest BCUT2D eigenvalue weighted by Crippen LogP contribution is -2.12. The Morgan fingerprint density at radius 2 is 2.17 bits per heavy atom. The van der Waals surface area contributed by atoms with Crippen molar-refractivity contribution in [3.05, 3.63) is 35.6 Å². The molecule has 2 aliphatic heterocycles. The van der Waals surface area contributed by atoms with Crippen LogP contribution in [0, 0.1) is 5.92 Å². The van der Waals surface area contributed by atoms with Gasteiger partial charge in [0.05, 0.1) is 11.8 Å². The van der Waals surface area contributed by atoms with Crippen LogP contribution in [0.25, 0.3) is 0 Å². The number of fused-ring (bicyclic) bond motifs is 1. The molecule has 5 heteroatoms. The fourth-order valence-corrected chi connectivity index (χ4v) is 2.24. The molecule has 0 spiro atoms. The lowest BCUT2D eigenvalue weighted by atomic mass is 9.99. The largest absolute Gasteiger partial charge is 0.458 e. The molecule has 5 nitrogen and oxygen atoms in total. The predicted molar refractivity (Wildman–Crippen MR) is 59.9 cm³/mol. The van der Waals surface area contributed by atoms with Crippen molar-refractivity contribution in [1.29, 1.82) is 0 Å². The zero-order chi connectivity index (χ0) is 12.7. The van der Waals surface area contributed by atoms with Gasteiger partial charge in [0.15, 0.2) is 0 Å². The maximum absolute atomic E-state index is 11.6. The molecule has 0 aromatic carbocycles. The number of hydrogen-bond acceptors (Lipinski definition) is 5. The summed E-state index contributed by atoms with van der Waals surface area (Å²) in [6.07, 6.45) is 6.64. The Balaban J connectivity index is 1.70. The summed E-state index contributed by atoms with van der Waals surface area (Å²) < 4.78 is 15.4. The predicted octanol–water partition coefficient (Wildman–Crippen LogP) is 1.22. The Bertz CT molecular complexity index is 500. The average molecular weight is 248 g/mol. The smallest absolute Gasteiger partial charge is 0.338 e. The minimum absolute atomic E-state index is 0.0275. The van der Waals surface area contributed by atoms with E-state index in [0.29, 0.717) is 11.1 Å². The molecule has 18 heavy (non-hydrogen) atoms. The second-order valence-electron chi connectivity index (χ2n) is 4.47. The molecule has 0 bridgehead atoms. The Hall–Kier alpha value is -2.04. The van der Waals surface area contributed by atoms with Crippen LogP contribution in [0.3, 0.4) is 0 Å². The molecule has 3 aliphatic rings. The third kappa shape index (κ3) is 1.72. The van der Waals surface area contributed by atoms with E-state index in [1.54, 1.807) is 13.0 Å². The zero-order valence-corrected chi connectivity index (χ0v) is 9.79. The molecule has 3 rings (SSSR count). The zero-order valence-electron chi connectivity index (χ0n) is 9.79. The van der Waals surface area contributed by atoms with Crippen molar-refractivity contribution >= 4 is 11.9 Å². The second kappa shape index (κ2) is 4.01. The number of esters is 2. The highest BCUT2D eigenvalue weighted by Gasteiger charge is 2.40. The topological polar surface area (TPSA) is 61.8 Å². The van der Waals surface area contributed by atoms with E-state index in [-0.39, 0.29) is 18.0 Å². The monoisotopic (exact) mass is 248 g/mol. The molecule has 0 saturated carbocycles. The first-order chi connectivity index (χ1) is 8.65. The number of hydrogen-bond donors (Lipinski definition) is 0. The number of allylic oxidation sites excluding steroid dienone is 1. The van der Waals surface area contributed by atoms with E-state index in [0.717, 1.165) is 6.42 Å². The van der Waals surface area contributed by atoms with Crippen molar-refractivity contribution in [3.8, 4) is 0 Å². The molecule has 94 valence electrons. The summed E-state index contributed by atoms with van der Waals surface area (Å²) in [6.45, 7) is 1.65. The van der Waals surface area contributed by atoms with Gasteiger partial charge in [-0.2, -0.15) is 0 Å². The van der Waals surface area contributed by atoms with Gasteiger partial charge in [0.1, 0.15) is 6.10 Å². The third-order valence-electron chi connectivity index (χ3n) is 3.25. The Morgan fingerprint density at radius 3 is 2.89 bits per heavy atom. The molecule has 3 atom stereocenters. The van der Waals surface area contributed by atoms with E-state index in [1.165, 1.54) is 6.26 Å². The molecular formula is C13H12O5. The van der Waals surface area contributed by atoms with Gasteiger partial charge < -0.3 is 14.2 Å². The molecule has 1 aliphatic carbocycles. The molecule has 0 aromatic heterocycles. The summed E-state index contributed by atoms with van der Waals surface area (Å²) in [7, 11) is 0. The molecule has 0 N–H and O–H groups in total. The van der Waals surface area contributed by atoms with Crippen molar-refractivity contribution in [1.82, 2.24) is 0 Å². The average Bonchev–Trinajstić information content (AvgIpc) is 2.94. The van der Waals surface area contributed by atoms with Crippen LogP contribution >= 0.6 is 0 Å². The van der Waals surface area contributed by atoms with Gasteiger partial charge in [-0.3, -0.25) is 0 Å². The third-order valence-corrected chi connectivity index (χ3v) is 3.25. The highest BCUT2D eigenvalue weighted by molar-refractivity contribution is 5.92. The van der Waals surface area contributed by atoms with Gasteiger partial charge in [-0.05, 0) is 19.4 Å². The number of ether oxygens (including phenoxy) is 3. The summed E-state index contributed by atoms with van der Waals surface area (Å²) in [6, 6.07) is 0. The Morgan fingerprint density at radius 1 is 1.33 bits per heavy atom. The van der Waals surface area contributed by atoms with Crippen molar-refractivity contribution < 1.29 is 23.8 Å². The first kappa shape index (κ1) is 11.1. The van der Waals surface area contributed by atoms with Gasteiger partial charge in [0.25, 0.3) is 6.29 Å². The SMILES string of the molecule is CC1=C[C@@H](O/C=C2/C(=O)O[C@H]3C=CC[C@@H]23)OC1=O. The first-order valence-electron chi connectivity index (χ1n) is 5.78. The van der Waals surface area contributed by atoms with Crippen LogP contribution in [0.4, 0.5) is 0 Å². The Labute approximate surface area is 104 Å². The van der Waals surface area contributed by atoms with E-state index in [2.05, 4.69) is 0 Å². The minimum atomic E-state index is -0.744. The van der Waals surface area contributed by atoms with Crippen molar-refractivity contribution in [2.75, 3.05) is 0 Å². The fourth-order valence-electron chi connectivity index (χ4n) is 2.24. The van der Waals surface area contributed by atoms with Gasteiger partial charge in [-0.15, -0.1) is 0 Å². The maximum Gasteiger partial charge on any atom is 0.338 e. The first-order valence-corrected chi connectivity index (χ1v) is 5.78. The van der Waals surface area contributed by atoms with E-state index < -0.39 is 12.3 Å². The molecule has 0 unspecified atom stereocenters. The molecule has 2 heterocycles. The van der Waals surface area contributed by atoms with Crippen LogP contribution in [0.2, 0.25) is 0 Å². The molecule has 0 radical (unpaired) electrons. The molecule has 0 amide bonds. The van der Waals surface area contributed by atoms with Gasteiger partial charge in [-0.25, -0.2) is 9.59 Å². The number of carbonyl (C=O) groups excluding carboxylic acids is 2. The van der Waals surface area contributed by atoms with Crippen molar-refractivity contribution in [2.24, 2.45) is 5.92 Å². The van der Waals surface area contributed by atoms with Crippen LogP contribution < -0.4 is 0 Å². The fraction of sp³-hybridized carbons (Fsp3) is 0.385. The maximum atomic E-state index is 11.6. The number of carbonyl (C=O) groups is 2. The van der Waals surface area contributed by atoms with Crippen LogP contribution in [-0.2, 0) is 23.8 Å². The van der Waals surface area contributed by atoms with Crippen LogP contribution in [0.15, 0.2) is 35.6 Å². The van der Waals surface area contributed by atoms with Gasteiger partial charge >= 0.3 is 11.9 Å². The summed E-state index contributed by atoms with van der Waals surface area (Å²) in [5.41, 5.74) is 1.01. The number of cyclic esters (lactones) is 1. The highest BCUT2D eigenvalue weighted by Crippen LogP contribution is 2.36. The quantitative estimate of drug-likeness (QED) is 0.318. The van der Waals surface area contributed by atoms with E-state index >= 15 is 0 Å². The van der Waals surface area contributed by atoms with Crippen molar-refractivity contribution in [3.63, 3.8) is 0 Å². The van der Waals surface area contributed by atoms with Crippen LogP contribution in [0.1, 0.15) is 13.3 Å². The molecule has 0 aromatic rings. The van der Waals surface area contributed by atoms with Gasteiger partial charge in [-0.1, -0.05) is 6.08 Å². The van der Waals surface area contributed by atoms with Gasteiger partial charge in [0.2, 0.25) is 0 Å². The molecular weight excluding hydrogens is 236 g/mol. The van der Waals surface area contributed by atoms with Crippen molar-refractivity contribution in [2.45, 2.75) is 25.7 Å². The lowest BCUT2D eigenvalue weighted by Gasteiger charge is -2.09. The summed E-state index contributed by atoms with van der Waals surface area (Å²) in [5, 5.41) is 0. The summed E-state index contributed by atoms with van der Waals surface area (Å²) in [5.74, 6) is -0.730. The Kier molecular flexibility index (Phi) is 2.47. The highest BCUT2D eigenvalue weighted by atomic mass is 16.7. The van der Waals surface area contributed by atoms with Gasteiger partial charge in [0, 0.05) is 17.6 Å². The second-order valence-corrected chi connectivity index (χ2v) is 4.47. The van der Waals surface area contributed by atoms with Crippen LogP contribution in [0.5, 0.6) is 0 Å². The standard InChI is InChI=1S/C13H12O5/c1-7-5-11(18-12(7)14)16-6-9-8-3-2-4-10(8)17-13(9)15/h2,4-6,8,10-11H,3H2,1H3/b9-6+/t8-,10-,11-/m0/s1. The van der Waals surface area contributed by atoms with E-state index in [9.17, 15) is 9.59 Å². The lowest BCUT2D eigenvalue weighted by molar-refractivity contribution is -0.152. The summed E-state index contributed by atoms with van der Waals surface area (Å²) in [4.78, 5) is 22.7. The number of rotatable bonds is 2. The molecule has 1 fully saturated rings.